The number of hydrogen-bond acceptors (Lipinski definition) is 9. The normalized spacial score (nSPS) is 13.5. The molecule has 292 valence electrons. The Hall–Kier alpha value is -5.49. The van der Waals surface area contributed by atoms with Crippen LogP contribution in [0.25, 0.3) is 33.9 Å². The lowest BCUT2D eigenvalue weighted by molar-refractivity contribution is -0.120. The Morgan fingerprint density at radius 2 is 1.21 bits per heavy atom. The molecule has 0 aliphatic heterocycles. The number of carbonyl (C=O) groups excluding carboxylic acids is 3. The minimum atomic E-state index is -0.463. The van der Waals surface area contributed by atoms with Crippen LogP contribution in [0.15, 0.2) is 85.5 Å². The number of Topliss-reactive ketones (excluding diaryl/α,β-unsaturated/α-hetero) is 2. The highest BCUT2D eigenvalue weighted by molar-refractivity contribution is 6.33. The second kappa shape index (κ2) is 17.3. The number of aromatic nitrogens is 6. The molecule has 2 aromatic carbocycles. The van der Waals surface area contributed by atoms with E-state index in [9.17, 15) is 19.5 Å². The zero-order valence-electron chi connectivity index (χ0n) is 31.9. The Bertz CT molecular complexity index is 2470. The molecule has 6 aromatic rings. The fourth-order valence-corrected chi connectivity index (χ4v) is 6.94. The van der Waals surface area contributed by atoms with Crippen LogP contribution in [0.5, 0.6) is 0 Å². The third-order valence-electron chi connectivity index (χ3n) is 9.96. The molecule has 0 spiro atoms. The summed E-state index contributed by atoms with van der Waals surface area (Å²) in [5, 5.41) is 20.2. The fourth-order valence-electron chi connectivity index (χ4n) is 6.49. The number of hydrogen-bond donors (Lipinski definition) is 1. The Morgan fingerprint density at radius 1 is 0.737 bits per heavy atom. The maximum atomic E-state index is 12.6. The molecule has 1 N–H and O–H groups in total. The number of aryl methyl sites for hydroxylation is 2. The van der Waals surface area contributed by atoms with Crippen molar-refractivity contribution in [3.63, 3.8) is 0 Å². The van der Waals surface area contributed by atoms with Crippen molar-refractivity contribution >= 4 is 40.7 Å². The number of carbonyl (C=O) groups is 3. The number of halogens is 2. The van der Waals surface area contributed by atoms with Crippen molar-refractivity contribution < 1.29 is 24.2 Å². The van der Waals surface area contributed by atoms with E-state index >= 15 is 0 Å². The number of pyridine rings is 2. The van der Waals surface area contributed by atoms with Gasteiger partial charge in [-0.2, -0.15) is 10.2 Å². The van der Waals surface area contributed by atoms with Crippen LogP contribution in [0.4, 0.5) is 0 Å². The number of aliphatic hydroxyl groups excluding tert-OH is 1. The summed E-state index contributed by atoms with van der Waals surface area (Å²) in [4.78, 5) is 45.7. The van der Waals surface area contributed by atoms with Crippen LogP contribution in [0, 0.1) is 25.7 Å². The molecule has 2 aliphatic carbocycles. The van der Waals surface area contributed by atoms with Crippen LogP contribution in [0.1, 0.15) is 71.0 Å². The predicted molar refractivity (Wildman–Crippen MR) is 218 cm³/mol. The molecule has 4 heterocycles. The molecule has 0 radical (unpaired) electrons. The van der Waals surface area contributed by atoms with Crippen LogP contribution in [0.2, 0.25) is 10.0 Å². The van der Waals surface area contributed by atoms with Gasteiger partial charge in [0.2, 0.25) is 0 Å². The third-order valence-corrected chi connectivity index (χ3v) is 10.6. The van der Waals surface area contributed by atoms with Crippen LogP contribution in [-0.4, -0.2) is 58.8 Å². The van der Waals surface area contributed by atoms with E-state index in [0.717, 1.165) is 59.4 Å². The van der Waals surface area contributed by atoms with Crippen LogP contribution in [0.3, 0.4) is 0 Å². The van der Waals surface area contributed by atoms with E-state index in [4.69, 9.17) is 27.9 Å². The molecule has 4 aromatic heterocycles. The lowest BCUT2D eigenvalue weighted by Gasteiger charge is -2.08. The van der Waals surface area contributed by atoms with E-state index in [1.54, 1.807) is 53.2 Å². The number of ether oxygens (including phenoxy) is 1. The highest BCUT2D eigenvalue weighted by Gasteiger charge is 2.31. The second-order valence-electron chi connectivity index (χ2n) is 14.4. The smallest absolute Gasteiger partial charge is 0.342 e. The molecule has 13 heteroatoms. The Balaban J connectivity index is 0.000000175. The monoisotopic (exact) mass is 804 g/mol. The van der Waals surface area contributed by atoms with E-state index < -0.39 is 5.97 Å². The second-order valence-corrected chi connectivity index (χ2v) is 15.2. The van der Waals surface area contributed by atoms with E-state index in [2.05, 4.69) is 20.2 Å². The first-order valence-electron chi connectivity index (χ1n) is 19.0. The molecular weight excluding hydrogens is 763 g/mol. The maximum absolute atomic E-state index is 12.6. The molecule has 0 saturated heterocycles. The van der Waals surface area contributed by atoms with Crippen molar-refractivity contribution in [3.8, 4) is 33.9 Å². The number of aliphatic hydroxyl groups is 1. The van der Waals surface area contributed by atoms with E-state index in [-0.39, 0.29) is 36.6 Å². The lowest BCUT2D eigenvalue weighted by Crippen LogP contribution is -2.08. The van der Waals surface area contributed by atoms with Crippen LogP contribution in [-0.2, 0) is 33.8 Å². The van der Waals surface area contributed by atoms with E-state index in [1.165, 1.54) is 0 Å². The van der Waals surface area contributed by atoms with Gasteiger partial charge in [0.15, 0.2) is 0 Å². The topological polar surface area (TPSA) is 142 Å². The highest BCUT2D eigenvalue weighted by Crippen LogP contribution is 2.34. The van der Waals surface area contributed by atoms with Crippen molar-refractivity contribution in [3.05, 3.63) is 129 Å². The molecule has 2 saturated carbocycles. The van der Waals surface area contributed by atoms with Gasteiger partial charge in [-0.05, 0) is 81.8 Å². The first kappa shape index (κ1) is 39.7. The molecule has 0 bridgehead atoms. The van der Waals surface area contributed by atoms with Gasteiger partial charge in [-0.3, -0.25) is 19.6 Å². The van der Waals surface area contributed by atoms with Crippen molar-refractivity contribution in [2.45, 2.75) is 65.9 Å². The predicted octanol–water partition coefficient (Wildman–Crippen LogP) is 8.50. The Morgan fingerprint density at radius 3 is 1.68 bits per heavy atom. The average Bonchev–Trinajstić information content (AvgIpc) is 4.15. The standard InChI is InChI=1S/C23H22ClN3O3.C21H20ClN3O2/c1-3-30-23(29)18-13-27(26-22(18)17-6-4-5-7-19(17)24)20-10-16(25-12-14(20)2)11-21(28)15-8-9-15;1-13-10-23-16(9-20(27)14-6-7-14)8-19(13)25-11-15(12-26)21(24-25)17-4-2-3-5-18(17)22/h4-7,10,12-13,15H,3,8-9,11H2,1-2H3;2-5,8,10-11,14,26H,6-7,9,12H2,1H3. The highest BCUT2D eigenvalue weighted by atomic mass is 35.5. The molecule has 2 fully saturated rings. The summed E-state index contributed by atoms with van der Waals surface area (Å²) in [6.45, 7) is 5.74. The molecule has 0 amide bonds. The van der Waals surface area contributed by atoms with Gasteiger partial charge >= 0.3 is 5.97 Å². The number of benzene rings is 2. The molecule has 0 unspecified atom stereocenters. The first-order valence-corrected chi connectivity index (χ1v) is 19.7. The zero-order chi connectivity index (χ0) is 40.2. The van der Waals surface area contributed by atoms with Crippen molar-refractivity contribution in [1.82, 2.24) is 29.5 Å². The molecule has 8 rings (SSSR count). The lowest BCUT2D eigenvalue weighted by atomic mass is 10.1. The molecule has 11 nitrogen and oxygen atoms in total. The molecular formula is C44H42Cl2N6O5. The number of ketones is 2. The van der Waals surface area contributed by atoms with Gasteiger partial charge in [0.25, 0.3) is 0 Å². The van der Waals surface area contributed by atoms with Gasteiger partial charge in [0.1, 0.15) is 22.8 Å². The summed E-state index contributed by atoms with van der Waals surface area (Å²) >= 11 is 12.7. The Labute approximate surface area is 340 Å². The van der Waals surface area contributed by atoms with Crippen LogP contribution < -0.4 is 0 Å². The number of nitrogens with zero attached hydrogens (tertiary/aromatic N) is 6. The van der Waals surface area contributed by atoms with Gasteiger partial charge in [-0.15, -0.1) is 0 Å². The largest absolute Gasteiger partial charge is 0.462 e. The fraction of sp³-hybridized carbons (Fsp3) is 0.295. The summed E-state index contributed by atoms with van der Waals surface area (Å²) in [6.07, 6.45) is 11.5. The van der Waals surface area contributed by atoms with Crippen LogP contribution >= 0.6 is 23.2 Å². The summed E-state index contributed by atoms with van der Waals surface area (Å²) in [7, 11) is 0. The van der Waals surface area contributed by atoms with Gasteiger partial charge < -0.3 is 9.84 Å². The van der Waals surface area contributed by atoms with E-state index in [1.807, 2.05) is 62.4 Å². The molecule has 57 heavy (non-hydrogen) atoms. The maximum Gasteiger partial charge on any atom is 0.342 e. The van der Waals surface area contributed by atoms with Crippen molar-refractivity contribution in [1.29, 1.82) is 0 Å². The summed E-state index contributed by atoms with van der Waals surface area (Å²) in [5.74, 6) is 0.416. The summed E-state index contributed by atoms with van der Waals surface area (Å²) in [6, 6.07) is 18.4. The first-order chi connectivity index (χ1) is 27.5. The van der Waals surface area contributed by atoms with Gasteiger partial charge in [-0.25, -0.2) is 14.2 Å². The third kappa shape index (κ3) is 9.23. The summed E-state index contributed by atoms with van der Waals surface area (Å²) in [5.41, 5.74) is 8.40. The zero-order valence-corrected chi connectivity index (χ0v) is 33.4. The minimum Gasteiger partial charge on any atom is -0.462 e. The molecule has 2 aliphatic rings. The van der Waals surface area contributed by atoms with Crippen molar-refractivity contribution in [2.75, 3.05) is 6.61 Å². The summed E-state index contributed by atoms with van der Waals surface area (Å²) < 4.78 is 8.59. The van der Waals surface area contributed by atoms with Crippen molar-refractivity contribution in [2.24, 2.45) is 11.8 Å². The van der Waals surface area contributed by atoms with E-state index in [0.29, 0.717) is 56.7 Å². The number of rotatable bonds is 13. The van der Waals surface area contributed by atoms with Gasteiger partial charge in [-0.1, -0.05) is 59.6 Å². The van der Waals surface area contributed by atoms with Gasteiger partial charge in [0, 0.05) is 77.5 Å². The minimum absolute atomic E-state index is 0.141. The average molecular weight is 806 g/mol. The molecule has 0 atom stereocenters. The van der Waals surface area contributed by atoms with Gasteiger partial charge in [0.05, 0.1) is 40.3 Å². The Kier molecular flexibility index (Phi) is 12.1. The number of esters is 1. The quantitative estimate of drug-likeness (QED) is 0.114. The SMILES string of the molecule is CCOC(=O)c1cn(-c2cc(CC(=O)C3CC3)ncc2C)nc1-c1ccccc1Cl.Cc1cnc(CC(=O)C2CC2)cc1-n1cc(CO)c(-c2ccccc2Cl)n1.